The lowest BCUT2D eigenvalue weighted by Gasteiger charge is -2.30. The molecule has 168 valence electrons. The normalized spacial score (nSPS) is 18.6. The number of nitrogens with one attached hydrogen (secondary N) is 2. The van der Waals surface area contributed by atoms with E-state index in [-0.39, 0.29) is 24.3 Å². The van der Waals surface area contributed by atoms with Crippen molar-refractivity contribution in [1.29, 1.82) is 5.26 Å². The molecule has 1 aliphatic carbocycles. The number of imidazole rings is 1. The molecule has 0 spiro atoms. The van der Waals surface area contributed by atoms with Crippen LogP contribution in [0, 0.1) is 17.2 Å². The zero-order valence-corrected chi connectivity index (χ0v) is 18.1. The molecule has 32 heavy (non-hydrogen) atoms. The minimum absolute atomic E-state index is 0.0860. The number of unbranched alkanes of at least 4 members (excludes halogenated alkanes) is 1. The van der Waals surface area contributed by atoms with Crippen LogP contribution in [0.3, 0.4) is 0 Å². The van der Waals surface area contributed by atoms with Crippen molar-refractivity contribution >= 4 is 33.9 Å². The third kappa shape index (κ3) is 4.74. The lowest BCUT2D eigenvalue weighted by molar-refractivity contribution is -0.120. The molecule has 3 heterocycles. The molecule has 0 atom stereocenters. The number of rotatable bonds is 9. The zero-order chi connectivity index (χ0) is 22.5. The first-order valence-corrected chi connectivity index (χ1v) is 11.3. The second-order valence-corrected chi connectivity index (χ2v) is 8.62. The second-order valence-electron chi connectivity index (χ2n) is 8.62. The van der Waals surface area contributed by atoms with Gasteiger partial charge in [0.25, 0.3) is 0 Å². The summed E-state index contributed by atoms with van der Waals surface area (Å²) in [5, 5.41) is 13.0. The Kier molecular flexibility index (Phi) is 6.69. The van der Waals surface area contributed by atoms with Gasteiger partial charge in [-0.2, -0.15) is 5.26 Å². The molecule has 0 radical (unpaired) electrons. The van der Waals surface area contributed by atoms with Gasteiger partial charge in [0.1, 0.15) is 17.0 Å². The standard InChI is InChI=1S/C23H29N7O2/c24-10-8-15-4-6-16(7-5-15)30-20(13-21(32)26-11-2-1-3-19(25)31)29-18-14-28-23-17(22(18)30)9-12-27-23/h9,12,14-16H,1-8,11,13H2,(H2,25,31)(H,26,32)(H,27,28)/t15-,16-. The smallest absolute Gasteiger partial charge is 0.227 e. The van der Waals surface area contributed by atoms with Gasteiger partial charge in [-0.3, -0.25) is 9.59 Å². The predicted molar refractivity (Wildman–Crippen MR) is 120 cm³/mol. The van der Waals surface area contributed by atoms with Crippen LogP contribution in [0.1, 0.15) is 63.2 Å². The molecule has 0 bridgehead atoms. The van der Waals surface area contributed by atoms with Crippen LogP contribution < -0.4 is 11.1 Å². The van der Waals surface area contributed by atoms with Gasteiger partial charge < -0.3 is 20.6 Å². The molecule has 0 aliphatic heterocycles. The first kappa shape index (κ1) is 21.8. The number of nitrogens with two attached hydrogens (primary N) is 1. The molecule has 1 saturated carbocycles. The maximum absolute atomic E-state index is 12.7. The number of aromatic amines is 1. The van der Waals surface area contributed by atoms with Crippen LogP contribution in [0.15, 0.2) is 18.5 Å². The van der Waals surface area contributed by atoms with E-state index >= 15 is 0 Å². The lowest BCUT2D eigenvalue weighted by Crippen LogP contribution is -2.28. The molecule has 1 aliphatic rings. The number of nitriles is 1. The van der Waals surface area contributed by atoms with Crippen molar-refractivity contribution in [2.45, 2.75) is 63.8 Å². The van der Waals surface area contributed by atoms with Gasteiger partial charge in [0.15, 0.2) is 0 Å². The molecule has 9 heteroatoms. The minimum Gasteiger partial charge on any atom is -0.370 e. The average molecular weight is 436 g/mol. The highest BCUT2D eigenvalue weighted by molar-refractivity contribution is 6.01. The second kappa shape index (κ2) is 9.81. The van der Waals surface area contributed by atoms with Crippen LogP contribution >= 0.6 is 0 Å². The number of hydrogen-bond acceptors (Lipinski definition) is 5. The van der Waals surface area contributed by atoms with Crippen LogP contribution in [0.4, 0.5) is 0 Å². The number of primary amides is 1. The SMILES string of the molecule is N#CC[C@H]1CC[C@H](n2c(CC(=O)NCCCCC(N)=O)nc3cnc4[nH]ccc4c32)CC1. The van der Waals surface area contributed by atoms with E-state index in [1.165, 1.54) is 0 Å². The van der Waals surface area contributed by atoms with Crippen molar-refractivity contribution < 1.29 is 9.59 Å². The Hall–Kier alpha value is -3.41. The van der Waals surface area contributed by atoms with Crippen molar-refractivity contribution in [3.8, 4) is 6.07 Å². The third-order valence-corrected chi connectivity index (χ3v) is 6.36. The van der Waals surface area contributed by atoms with Crippen LogP contribution in [0.2, 0.25) is 0 Å². The van der Waals surface area contributed by atoms with Crippen LogP contribution in [0.25, 0.3) is 22.1 Å². The fourth-order valence-corrected chi connectivity index (χ4v) is 4.75. The summed E-state index contributed by atoms with van der Waals surface area (Å²) >= 11 is 0. The summed E-state index contributed by atoms with van der Waals surface area (Å²) in [6.07, 6.45) is 10.1. The van der Waals surface area contributed by atoms with E-state index in [0.29, 0.717) is 38.1 Å². The van der Waals surface area contributed by atoms with Gasteiger partial charge in [0.2, 0.25) is 11.8 Å². The fraction of sp³-hybridized carbons (Fsp3) is 0.522. The molecule has 4 rings (SSSR count). The van der Waals surface area contributed by atoms with Crippen molar-refractivity contribution in [2.75, 3.05) is 6.54 Å². The quantitative estimate of drug-likeness (QED) is 0.443. The van der Waals surface area contributed by atoms with Crippen LogP contribution in [-0.4, -0.2) is 37.9 Å². The highest BCUT2D eigenvalue weighted by atomic mass is 16.2. The van der Waals surface area contributed by atoms with E-state index in [9.17, 15) is 9.59 Å². The van der Waals surface area contributed by atoms with E-state index in [0.717, 1.165) is 53.6 Å². The molecule has 0 unspecified atom stereocenters. The number of H-pyrrole nitrogens is 1. The molecular formula is C23H29N7O2. The summed E-state index contributed by atoms with van der Waals surface area (Å²) in [7, 11) is 0. The summed E-state index contributed by atoms with van der Waals surface area (Å²) in [5.41, 5.74) is 7.78. The molecule has 1 fully saturated rings. The first-order valence-electron chi connectivity index (χ1n) is 11.3. The Morgan fingerprint density at radius 3 is 2.84 bits per heavy atom. The maximum atomic E-state index is 12.7. The van der Waals surface area contributed by atoms with Gasteiger partial charge >= 0.3 is 0 Å². The summed E-state index contributed by atoms with van der Waals surface area (Å²) in [5.74, 6) is 0.789. The minimum atomic E-state index is -0.320. The number of amides is 2. The molecule has 9 nitrogen and oxygen atoms in total. The van der Waals surface area contributed by atoms with Crippen molar-refractivity contribution in [1.82, 2.24) is 24.8 Å². The molecule has 4 N–H and O–H groups in total. The van der Waals surface area contributed by atoms with Gasteiger partial charge in [-0.1, -0.05) is 0 Å². The van der Waals surface area contributed by atoms with Gasteiger partial charge in [0.05, 0.1) is 24.2 Å². The molecule has 3 aromatic rings. The lowest BCUT2D eigenvalue weighted by atomic mass is 9.84. The Balaban J connectivity index is 1.55. The average Bonchev–Trinajstić information content (AvgIpc) is 3.38. The Morgan fingerprint density at radius 2 is 2.09 bits per heavy atom. The van der Waals surface area contributed by atoms with Crippen molar-refractivity contribution in [3.05, 3.63) is 24.3 Å². The topological polar surface area (TPSA) is 142 Å². The Morgan fingerprint density at radius 1 is 1.28 bits per heavy atom. The molecular weight excluding hydrogens is 406 g/mol. The number of fused-ring (bicyclic) bond motifs is 3. The van der Waals surface area contributed by atoms with Gasteiger partial charge in [-0.25, -0.2) is 9.97 Å². The monoisotopic (exact) mass is 435 g/mol. The van der Waals surface area contributed by atoms with E-state index in [1.807, 2.05) is 12.3 Å². The summed E-state index contributed by atoms with van der Waals surface area (Å²) < 4.78 is 2.24. The largest absolute Gasteiger partial charge is 0.370 e. The molecule has 0 aromatic carbocycles. The summed E-state index contributed by atoms with van der Waals surface area (Å²) in [6, 6.07) is 4.55. The summed E-state index contributed by atoms with van der Waals surface area (Å²) in [4.78, 5) is 35.9. The van der Waals surface area contributed by atoms with Crippen molar-refractivity contribution in [2.24, 2.45) is 11.7 Å². The van der Waals surface area contributed by atoms with Crippen molar-refractivity contribution in [3.63, 3.8) is 0 Å². The number of aromatic nitrogens is 4. The van der Waals surface area contributed by atoms with Crippen LogP contribution in [-0.2, 0) is 16.0 Å². The summed E-state index contributed by atoms with van der Waals surface area (Å²) in [6.45, 7) is 0.509. The Labute approximate surface area is 186 Å². The number of pyridine rings is 1. The van der Waals surface area contributed by atoms with E-state index < -0.39 is 0 Å². The first-order chi connectivity index (χ1) is 15.6. The highest BCUT2D eigenvalue weighted by Crippen LogP contribution is 2.37. The van der Waals surface area contributed by atoms with Gasteiger partial charge in [0, 0.05) is 37.0 Å². The molecule has 3 aromatic heterocycles. The number of carbonyl (C=O) groups excluding carboxylic acids is 2. The third-order valence-electron chi connectivity index (χ3n) is 6.36. The molecule has 2 amide bonds. The number of hydrogen-bond donors (Lipinski definition) is 3. The molecule has 0 saturated heterocycles. The van der Waals surface area contributed by atoms with Gasteiger partial charge in [-0.15, -0.1) is 0 Å². The van der Waals surface area contributed by atoms with E-state index in [4.69, 9.17) is 16.0 Å². The van der Waals surface area contributed by atoms with Crippen LogP contribution in [0.5, 0.6) is 0 Å². The van der Waals surface area contributed by atoms with E-state index in [1.54, 1.807) is 6.20 Å². The number of nitrogens with zero attached hydrogens (tertiary/aromatic N) is 4. The maximum Gasteiger partial charge on any atom is 0.227 e. The fourth-order valence-electron chi connectivity index (χ4n) is 4.75. The van der Waals surface area contributed by atoms with E-state index in [2.05, 4.69) is 25.9 Å². The predicted octanol–water partition coefficient (Wildman–Crippen LogP) is 2.87. The Bertz CT molecular complexity index is 1150. The zero-order valence-electron chi connectivity index (χ0n) is 18.1. The highest BCUT2D eigenvalue weighted by Gasteiger charge is 2.27. The van der Waals surface area contributed by atoms with Gasteiger partial charge in [-0.05, 0) is 50.5 Å². The number of carbonyl (C=O) groups is 2.